The quantitative estimate of drug-likeness (QED) is 0.778. The van der Waals surface area contributed by atoms with Crippen molar-refractivity contribution in [1.29, 1.82) is 0 Å². The van der Waals surface area contributed by atoms with Crippen molar-refractivity contribution in [3.05, 3.63) is 0 Å². The molecule has 0 amide bonds. The third kappa shape index (κ3) is 3.71. The Morgan fingerprint density at radius 3 is 2.56 bits per heavy atom. The van der Waals surface area contributed by atoms with Crippen LogP contribution in [0, 0.1) is 11.8 Å². The Balaban J connectivity index is 1.89. The highest BCUT2D eigenvalue weighted by atomic mass is 16.5. The molecule has 1 saturated heterocycles. The van der Waals surface area contributed by atoms with Crippen LogP contribution in [0.4, 0.5) is 0 Å². The van der Waals surface area contributed by atoms with E-state index in [9.17, 15) is 0 Å². The second-order valence-corrected chi connectivity index (χ2v) is 6.17. The Kier molecular flexibility index (Phi) is 5.97. The van der Waals surface area contributed by atoms with Crippen LogP contribution in [0.1, 0.15) is 65.2 Å². The van der Waals surface area contributed by atoms with E-state index >= 15 is 0 Å². The first-order valence-electron chi connectivity index (χ1n) is 8.20. The van der Waals surface area contributed by atoms with Crippen molar-refractivity contribution in [2.24, 2.45) is 11.8 Å². The van der Waals surface area contributed by atoms with Crippen molar-refractivity contribution in [3.8, 4) is 0 Å². The molecule has 0 aromatic heterocycles. The molecule has 18 heavy (non-hydrogen) atoms. The summed E-state index contributed by atoms with van der Waals surface area (Å²) >= 11 is 0. The smallest absolute Gasteiger partial charge is 0.0616 e. The SMILES string of the molecule is CCNC(CC1CCCCC1)C1CCOC1CC. The fraction of sp³-hybridized carbons (Fsp3) is 1.00. The number of hydrogen-bond donors (Lipinski definition) is 1. The molecule has 1 N–H and O–H groups in total. The average molecular weight is 253 g/mol. The molecule has 3 atom stereocenters. The van der Waals surface area contributed by atoms with Crippen molar-refractivity contribution in [2.75, 3.05) is 13.2 Å². The summed E-state index contributed by atoms with van der Waals surface area (Å²) in [7, 11) is 0. The van der Waals surface area contributed by atoms with Crippen molar-refractivity contribution < 1.29 is 4.74 Å². The summed E-state index contributed by atoms with van der Waals surface area (Å²) in [5, 5.41) is 3.76. The molecule has 2 nitrogen and oxygen atoms in total. The summed E-state index contributed by atoms with van der Waals surface area (Å²) in [4.78, 5) is 0. The zero-order chi connectivity index (χ0) is 12.8. The van der Waals surface area contributed by atoms with E-state index in [1.54, 1.807) is 0 Å². The number of ether oxygens (including phenoxy) is 1. The molecule has 0 aromatic carbocycles. The number of hydrogen-bond acceptors (Lipinski definition) is 2. The summed E-state index contributed by atoms with van der Waals surface area (Å²) in [5.74, 6) is 1.73. The van der Waals surface area contributed by atoms with Gasteiger partial charge in [0, 0.05) is 18.6 Å². The predicted molar refractivity (Wildman–Crippen MR) is 76.8 cm³/mol. The van der Waals surface area contributed by atoms with E-state index in [1.807, 2.05) is 0 Å². The van der Waals surface area contributed by atoms with Gasteiger partial charge in [0.05, 0.1) is 6.10 Å². The normalized spacial score (nSPS) is 31.7. The molecule has 106 valence electrons. The van der Waals surface area contributed by atoms with Crippen molar-refractivity contribution in [1.82, 2.24) is 5.32 Å². The standard InChI is InChI=1S/C16H31NO/c1-3-16-14(10-11-18-16)15(17-4-2)12-13-8-6-5-7-9-13/h13-17H,3-12H2,1-2H3. The van der Waals surface area contributed by atoms with Gasteiger partial charge in [-0.1, -0.05) is 46.0 Å². The van der Waals surface area contributed by atoms with Crippen molar-refractivity contribution in [3.63, 3.8) is 0 Å². The van der Waals surface area contributed by atoms with E-state index in [0.717, 1.165) is 25.0 Å². The lowest BCUT2D eigenvalue weighted by atomic mass is 9.79. The van der Waals surface area contributed by atoms with Gasteiger partial charge in [0.15, 0.2) is 0 Å². The maximum atomic E-state index is 5.89. The second-order valence-electron chi connectivity index (χ2n) is 6.17. The van der Waals surface area contributed by atoms with Gasteiger partial charge < -0.3 is 10.1 Å². The van der Waals surface area contributed by atoms with Gasteiger partial charge in [0.2, 0.25) is 0 Å². The molecule has 1 saturated carbocycles. The molecule has 2 rings (SSSR count). The van der Waals surface area contributed by atoms with Crippen LogP contribution in [0.5, 0.6) is 0 Å². The Bertz CT molecular complexity index is 225. The first-order chi connectivity index (χ1) is 8.85. The summed E-state index contributed by atoms with van der Waals surface area (Å²) in [6.07, 6.45) is 11.7. The monoisotopic (exact) mass is 253 g/mol. The lowest BCUT2D eigenvalue weighted by Crippen LogP contribution is -2.41. The number of rotatable bonds is 6. The van der Waals surface area contributed by atoms with Gasteiger partial charge >= 0.3 is 0 Å². The maximum absolute atomic E-state index is 5.89. The van der Waals surface area contributed by atoms with E-state index in [-0.39, 0.29) is 0 Å². The summed E-state index contributed by atoms with van der Waals surface area (Å²) < 4.78 is 5.89. The molecule has 0 radical (unpaired) electrons. The molecule has 1 aliphatic carbocycles. The van der Waals surface area contributed by atoms with Crippen molar-refractivity contribution >= 4 is 0 Å². The van der Waals surface area contributed by atoms with E-state index in [2.05, 4.69) is 19.2 Å². The molecule has 1 heterocycles. The van der Waals surface area contributed by atoms with Crippen LogP contribution in [-0.4, -0.2) is 25.3 Å². The van der Waals surface area contributed by atoms with E-state index in [1.165, 1.54) is 51.4 Å². The van der Waals surface area contributed by atoms with Crippen LogP contribution in [0.2, 0.25) is 0 Å². The summed E-state index contributed by atoms with van der Waals surface area (Å²) in [5.41, 5.74) is 0. The van der Waals surface area contributed by atoms with E-state index < -0.39 is 0 Å². The van der Waals surface area contributed by atoms with Gasteiger partial charge in [-0.2, -0.15) is 0 Å². The summed E-state index contributed by atoms with van der Waals surface area (Å²) in [6.45, 7) is 6.59. The van der Waals surface area contributed by atoms with E-state index in [0.29, 0.717) is 12.1 Å². The lowest BCUT2D eigenvalue weighted by Gasteiger charge is -2.32. The van der Waals surface area contributed by atoms with Gasteiger partial charge in [-0.3, -0.25) is 0 Å². The molecule has 1 aliphatic heterocycles. The highest BCUT2D eigenvalue weighted by Crippen LogP contribution is 2.33. The molecular formula is C16H31NO. The van der Waals surface area contributed by atoms with Gasteiger partial charge in [-0.15, -0.1) is 0 Å². The van der Waals surface area contributed by atoms with Crippen molar-refractivity contribution in [2.45, 2.75) is 77.4 Å². The molecule has 2 heteroatoms. The van der Waals surface area contributed by atoms with Crippen LogP contribution in [0.15, 0.2) is 0 Å². The molecule has 0 aromatic rings. The molecular weight excluding hydrogens is 222 g/mol. The minimum Gasteiger partial charge on any atom is -0.378 e. The average Bonchev–Trinajstić information content (AvgIpc) is 2.87. The molecule has 2 aliphatic rings. The highest BCUT2D eigenvalue weighted by molar-refractivity contribution is 4.87. The first-order valence-corrected chi connectivity index (χ1v) is 8.20. The topological polar surface area (TPSA) is 21.3 Å². The Labute approximate surface area is 113 Å². The van der Waals surface area contributed by atoms with Crippen LogP contribution >= 0.6 is 0 Å². The molecule has 0 bridgehead atoms. The number of nitrogens with one attached hydrogen (secondary N) is 1. The van der Waals surface area contributed by atoms with Gasteiger partial charge in [-0.25, -0.2) is 0 Å². The fourth-order valence-corrected chi connectivity index (χ4v) is 4.00. The van der Waals surface area contributed by atoms with Crippen LogP contribution < -0.4 is 5.32 Å². The molecule has 0 spiro atoms. The minimum atomic E-state index is 0.512. The maximum Gasteiger partial charge on any atom is 0.0616 e. The fourth-order valence-electron chi connectivity index (χ4n) is 4.00. The van der Waals surface area contributed by atoms with Crippen LogP contribution in [0.3, 0.4) is 0 Å². The van der Waals surface area contributed by atoms with Gasteiger partial charge in [0.1, 0.15) is 0 Å². The Morgan fingerprint density at radius 2 is 1.89 bits per heavy atom. The highest BCUT2D eigenvalue weighted by Gasteiger charge is 2.34. The first kappa shape index (κ1) is 14.3. The second kappa shape index (κ2) is 7.49. The minimum absolute atomic E-state index is 0.512. The Morgan fingerprint density at radius 1 is 1.11 bits per heavy atom. The molecule has 2 fully saturated rings. The zero-order valence-corrected chi connectivity index (χ0v) is 12.3. The largest absolute Gasteiger partial charge is 0.378 e. The zero-order valence-electron chi connectivity index (χ0n) is 12.3. The van der Waals surface area contributed by atoms with Crippen LogP contribution in [-0.2, 0) is 4.74 Å². The van der Waals surface area contributed by atoms with E-state index in [4.69, 9.17) is 4.74 Å². The van der Waals surface area contributed by atoms with Gasteiger partial charge in [0.25, 0.3) is 0 Å². The Hall–Kier alpha value is -0.0800. The van der Waals surface area contributed by atoms with Crippen LogP contribution in [0.25, 0.3) is 0 Å². The van der Waals surface area contributed by atoms with Gasteiger partial charge in [-0.05, 0) is 31.7 Å². The third-order valence-electron chi connectivity index (χ3n) is 4.96. The molecule has 3 unspecified atom stereocenters. The lowest BCUT2D eigenvalue weighted by molar-refractivity contribution is 0.0733. The predicted octanol–water partition coefficient (Wildman–Crippen LogP) is 3.75. The third-order valence-corrected chi connectivity index (χ3v) is 4.96. The summed E-state index contributed by atoms with van der Waals surface area (Å²) in [6, 6.07) is 0.700.